The van der Waals surface area contributed by atoms with Crippen molar-refractivity contribution in [3.05, 3.63) is 54.5 Å². The molecule has 4 rings (SSSR count). The van der Waals surface area contributed by atoms with Crippen LogP contribution in [0.1, 0.15) is 38.8 Å². The molecule has 3 N–H and O–H groups in total. The number of piperidine rings is 1. The third-order valence-electron chi connectivity index (χ3n) is 7.75. The van der Waals surface area contributed by atoms with Gasteiger partial charge in [0.25, 0.3) is 0 Å². The third kappa shape index (κ3) is 10.1. The zero-order valence-corrected chi connectivity index (χ0v) is 26.4. The summed E-state index contributed by atoms with van der Waals surface area (Å²) in [6.45, 7) is 2.75. The maximum Gasteiger partial charge on any atom is 0.459 e. The van der Waals surface area contributed by atoms with Crippen molar-refractivity contribution in [3.8, 4) is 5.75 Å². The lowest BCUT2D eigenvalue weighted by molar-refractivity contribution is -0.151. The number of carbonyl (C=O) groups is 1. The monoisotopic (exact) mass is 656 g/mol. The number of nitrogens with two attached hydrogens (primary N) is 1. The number of alkyl halides is 3. The Morgan fingerprint density at radius 2 is 1.89 bits per heavy atom. The Morgan fingerprint density at radius 1 is 1.18 bits per heavy atom. The van der Waals surface area contributed by atoms with E-state index < -0.39 is 38.1 Å². The first-order chi connectivity index (χ1) is 21.3. The Balaban J connectivity index is 1.35. The van der Waals surface area contributed by atoms with Crippen LogP contribution in [0.5, 0.6) is 5.75 Å². The largest absolute Gasteiger partial charge is 0.464 e. The molecule has 1 saturated heterocycles. The fourth-order valence-corrected chi connectivity index (χ4v) is 6.54. The van der Waals surface area contributed by atoms with E-state index in [0.29, 0.717) is 37.0 Å². The zero-order valence-electron chi connectivity index (χ0n) is 25.5. The summed E-state index contributed by atoms with van der Waals surface area (Å²) in [5.41, 5.74) is 6.58. The van der Waals surface area contributed by atoms with Gasteiger partial charge in [-0.3, -0.25) is 14.2 Å². The van der Waals surface area contributed by atoms with Gasteiger partial charge in [0.1, 0.15) is 23.6 Å². The number of anilines is 1. The van der Waals surface area contributed by atoms with E-state index in [1.807, 2.05) is 12.1 Å². The number of aryl methyl sites for hydroxylation is 1. The van der Waals surface area contributed by atoms with Crippen LogP contribution in [0.2, 0.25) is 0 Å². The molecular formula is C29H40F3N6O6P. The van der Waals surface area contributed by atoms with Crippen LogP contribution >= 0.6 is 7.75 Å². The molecule has 1 aliphatic heterocycles. The van der Waals surface area contributed by atoms with Crippen molar-refractivity contribution in [2.45, 2.75) is 57.3 Å². The van der Waals surface area contributed by atoms with Crippen LogP contribution in [0, 0.1) is 5.92 Å². The quantitative estimate of drug-likeness (QED) is 0.174. The predicted molar refractivity (Wildman–Crippen MR) is 161 cm³/mol. The molecule has 2 aromatic heterocycles. The number of fused-ring (bicyclic) bond motifs is 1. The Morgan fingerprint density at radius 3 is 2.56 bits per heavy atom. The number of hydrogen-bond acceptors (Lipinski definition) is 10. The number of esters is 1. The minimum Gasteiger partial charge on any atom is -0.464 e. The highest BCUT2D eigenvalue weighted by Gasteiger charge is 2.37. The second kappa shape index (κ2) is 14.9. The third-order valence-corrected chi connectivity index (χ3v) is 9.37. The number of hydrogen-bond donors (Lipinski definition) is 2. The number of ether oxygens (including phenoxy) is 2. The molecule has 12 nitrogen and oxygen atoms in total. The van der Waals surface area contributed by atoms with E-state index in [1.165, 1.54) is 25.3 Å². The maximum atomic E-state index is 14.0. The fraction of sp³-hybridized carbons (Fsp3) is 0.552. The molecule has 3 heterocycles. The lowest BCUT2D eigenvalue weighted by Gasteiger charge is -2.32. The molecule has 45 heavy (non-hydrogen) atoms. The molecule has 0 saturated carbocycles. The molecule has 3 atom stereocenters. The number of carbonyl (C=O) groups excluding carboxylic acids is 1. The topological polar surface area (TPSA) is 143 Å². The average Bonchev–Trinajstić information content (AvgIpc) is 3.43. The van der Waals surface area contributed by atoms with Crippen molar-refractivity contribution >= 4 is 25.1 Å². The zero-order chi connectivity index (χ0) is 32.7. The molecule has 1 aliphatic rings. The Kier molecular flexibility index (Phi) is 11.5. The second-order valence-electron chi connectivity index (χ2n) is 11.4. The van der Waals surface area contributed by atoms with E-state index in [-0.39, 0.29) is 38.0 Å². The number of halogens is 3. The molecular weight excluding hydrogens is 616 g/mol. The molecule has 3 aromatic rings. The van der Waals surface area contributed by atoms with Gasteiger partial charge in [0.2, 0.25) is 0 Å². The molecule has 1 aromatic carbocycles. The van der Waals surface area contributed by atoms with Crippen LogP contribution in [0.15, 0.2) is 48.8 Å². The highest BCUT2D eigenvalue weighted by molar-refractivity contribution is 7.52. The summed E-state index contributed by atoms with van der Waals surface area (Å²) in [7, 11) is -2.64. The summed E-state index contributed by atoms with van der Waals surface area (Å²) in [6.07, 6.45) is -0.961. The first-order valence-electron chi connectivity index (χ1n) is 14.6. The smallest absolute Gasteiger partial charge is 0.459 e. The number of likely N-dealkylation sites (tertiary alicyclic amines) is 1. The number of nitrogen functional groups attached to an aromatic ring is 1. The molecule has 248 valence electrons. The average molecular weight is 657 g/mol. The molecule has 0 radical (unpaired) electrons. The van der Waals surface area contributed by atoms with Crippen LogP contribution in [0.4, 0.5) is 19.0 Å². The number of para-hydroxylation sites is 1. The lowest BCUT2D eigenvalue weighted by atomic mass is 9.98. The Hall–Kier alpha value is -3.23. The first kappa shape index (κ1) is 34.6. The fourth-order valence-electron chi connectivity index (χ4n) is 4.93. The molecule has 0 bridgehead atoms. The van der Waals surface area contributed by atoms with Gasteiger partial charge in [0.15, 0.2) is 5.82 Å². The normalized spacial score (nSPS) is 18.3. The van der Waals surface area contributed by atoms with E-state index in [0.717, 1.165) is 5.69 Å². The number of aromatic nitrogens is 3. The van der Waals surface area contributed by atoms with Gasteiger partial charge in [-0.1, -0.05) is 18.2 Å². The van der Waals surface area contributed by atoms with Crippen molar-refractivity contribution in [1.82, 2.24) is 24.6 Å². The number of rotatable bonds is 15. The summed E-state index contributed by atoms with van der Waals surface area (Å²) < 4.78 is 76.6. The number of nitrogens with zero attached hydrogens (tertiary/aromatic N) is 4. The van der Waals surface area contributed by atoms with Gasteiger partial charge >= 0.3 is 19.9 Å². The van der Waals surface area contributed by atoms with Gasteiger partial charge in [-0.2, -0.15) is 23.4 Å². The van der Waals surface area contributed by atoms with E-state index >= 15 is 0 Å². The molecule has 1 fully saturated rings. The molecule has 0 amide bonds. The minimum atomic E-state index is -4.25. The van der Waals surface area contributed by atoms with E-state index in [4.69, 9.17) is 24.3 Å². The van der Waals surface area contributed by atoms with Crippen LogP contribution in [-0.4, -0.2) is 83.2 Å². The van der Waals surface area contributed by atoms with Crippen LogP contribution in [0.25, 0.3) is 5.52 Å². The second-order valence-corrected chi connectivity index (χ2v) is 13.1. The number of methoxy groups -OCH3 is 1. The van der Waals surface area contributed by atoms with Crippen LogP contribution in [0.3, 0.4) is 0 Å². The Bertz CT molecular complexity index is 1450. The summed E-state index contributed by atoms with van der Waals surface area (Å²) in [5, 5.41) is 6.93. The van der Waals surface area contributed by atoms with Gasteiger partial charge in [0.05, 0.1) is 25.4 Å². The standard InChI is InChI=1S/C29H40F3N6O6P/c1-21(27(39)42-17-22-12-15-37(16-13-22)18-29(30,31)32)36-45(40,44-24-7-5-4-6-8-24)43-19-28(2,41-3)14-11-23-9-10-25-26(33)34-20-35-38(23)25/h4-10,20-22H,11-19H2,1-3H3,(H,36,40)(H2,33,34,35)/t21-,28-,45?/m0/s1. The van der Waals surface area contributed by atoms with E-state index in [1.54, 1.807) is 41.8 Å². The summed E-state index contributed by atoms with van der Waals surface area (Å²) in [5.74, 6) is -0.143. The molecule has 0 aliphatic carbocycles. The highest BCUT2D eigenvalue weighted by Crippen LogP contribution is 2.46. The van der Waals surface area contributed by atoms with Crippen molar-refractivity contribution in [2.75, 3.05) is 45.7 Å². The van der Waals surface area contributed by atoms with Crippen LogP contribution in [-0.2, 0) is 29.8 Å². The van der Waals surface area contributed by atoms with Gasteiger partial charge in [-0.05, 0) is 82.8 Å². The molecule has 1 unspecified atom stereocenters. The highest BCUT2D eigenvalue weighted by atomic mass is 31.2. The van der Waals surface area contributed by atoms with Gasteiger partial charge in [0, 0.05) is 12.8 Å². The minimum absolute atomic E-state index is 0.0438. The van der Waals surface area contributed by atoms with Crippen molar-refractivity contribution < 1.29 is 41.1 Å². The Labute approximate surface area is 259 Å². The lowest BCUT2D eigenvalue weighted by Crippen LogP contribution is -2.41. The maximum absolute atomic E-state index is 14.0. The van der Waals surface area contributed by atoms with Crippen molar-refractivity contribution in [3.63, 3.8) is 0 Å². The number of nitrogens with one attached hydrogen (secondary N) is 1. The van der Waals surface area contributed by atoms with Crippen molar-refractivity contribution in [1.29, 1.82) is 0 Å². The summed E-state index contributed by atoms with van der Waals surface area (Å²) in [4.78, 5) is 18.2. The number of benzene rings is 1. The first-order valence-corrected chi connectivity index (χ1v) is 16.2. The van der Waals surface area contributed by atoms with Gasteiger partial charge < -0.3 is 19.7 Å². The molecule has 0 spiro atoms. The van der Waals surface area contributed by atoms with Crippen LogP contribution < -0.4 is 15.3 Å². The van der Waals surface area contributed by atoms with E-state index in [9.17, 15) is 22.5 Å². The van der Waals surface area contributed by atoms with Crippen molar-refractivity contribution in [2.24, 2.45) is 5.92 Å². The van der Waals surface area contributed by atoms with Gasteiger partial charge in [-0.15, -0.1) is 0 Å². The van der Waals surface area contributed by atoms with Gasteiger partial charge in [-0.25, -0.2) is 14.1 Å². The summed E-state index contributed by atoms with van der Waals surface area (Å²) >= 11 is 0. The van der Waals surface area contributed by atoms with E-state index in [2.05, 4.69) is 15.2 Å². The molecule has 16 heteroatoms. The predicted octanol–water partition coefficient (Wildman–Crippen LogP) is 4.65. The SMILES string of the molecule is CO[C@@](C)(CCc1ccc2c(N)ncnn12)COP(=O)(N[C@@H](C)C(=O)OCC1CCN(CC(F)(F)F)CC1)Oc1ccccc1. The summed E-state index contributed by atoms with van der Waals surface area (Å²) in [6, 6.07) is 11.0.